The molecular weight excluding hydrogens is 278 g/mol. The average molecular weight is 298 g/mol. The topological polar surface area (TPSA) is 49.6 Å². The highest BCUT2D eigenvalue weighted by atomic mass is 35.5. The van der Waals surface area contributed by atoms with E-state index >= 15 is 0 Å². The smallest absolute Gasteiger partial charge is 0.271 e. The van der Waals surface area contributed by atoms with Crippen LogP contribution >= 0.6 is 11.6 Å². The van der Waals surface area contributed by atoms with Crippen molar-refractivity contribution in [2.45, 2.75) is 19.8 Å². The Bertz CT molecular complexity index is 481. The van der Waals surface area contributed by atoms with E-state index in [9.17, 15) is 10.1 Å². The van der Waals surface area contributed by atoms with Crippen molar-refractivity contribution in [3.63, 3.8) is 0 Å². The van der Waals surface area contributed by atoms with Crippen LogP contribution in [0.1, 0.15) is 19.8 Å². The number of nitrogens with zero attached hydrogens (tertiary/aromatic N) is 3. The van der Waals surface area contributed by atoms with Crippen molar-refractivity contribution in [3.05, 3.63) is 33.3 Å². The lowest BCUT2D eigenvalue weighted by atomic mass is 10.2. The summed E-state index contributed by atoms with van der Waals surface area (Å²) in [5.74, 6) is 0. The second-order valence-corrected chi connectivity index (χ2v) is 5.48. The van der Waals surface area contributed by atoms with Crippen LogP contribution in [0.2, 0.25) is 5.02 Å². The molecule has 6 heteroatoms. The van der Waals surface area contributed by atoms with Crippen LogP contribution in [-0.4, -0.2) is 42.5 Å². The van der Waals surface area contributed by atoms with Crippen molar-refractivity contribution in [2.24, 2.45) is 0 Å². The molecule has 0 radical (unpaired) electrons. The molecule has 1 fully saturated rings. The van der Waals surface area contributed by atoms with Gasteiger partial charge < -0.3 is 9.80 Å². The zero-order valence-corrected chi connectivity index (χ0v) is 12.5. The highest BCUT2D eigenvalue weighted by Gasteiger charge is 2.18. The van der Waals surface area contributed by atoms with Crippen molar-refractivity contribution in [1.29, 1.82) is 0 Å². The fraction of sp³-hybridized carbons (Fsp3) is 0.571. The molecule has 110 valence electrons. The summed E-state index contributed by atoms with van der Waals surface area (Å²) in [6.45, 7) is 7.29. The number of hydrogen-bond acceptors (Lipinski definition) is 4. The molecule has 0 spiro atoms. The number of benzene rings is 1. The molecular formula is C14H20ClN3O2. The average Bonchev–Trinajstić information content (AvgIpc) is 2.65. The summed E-state index contributed by atoms with van der Waals surface area (Å²) in [5, 5.41) is 11.2. The summed E-state index contributed by atoms with van der Waals surface area (Å²) < 4.78 is 0. The van der Waals surface area contributed by atoms with Crippen LogP contribution in [0.5, 0.6) is 0 Å². The Labute approximate surface area is 124 Å². The standard InChI is InChI=1S/C14H20ClN3O2/c1-2-6-16-7-3-8-17(10-9-16)14-5-4-12(18(19)20)11-13(14)15/h4-5,11H,2-3,6-10H2,1H3. The molecule has 1 aliphatic heterocycles. The molecule has 0 aliphatic carbocycles. The summed E-state index contributed by atoms with van der Waals surface area (Å²) in [6.07, 6.45) is 2.26. The lowest BCUT2D eigenvalue weighted by molar-refractivity contribution is -0.384. The molecule has 1 saturated heterocycles. The second-order valence-electron chi connectivity index (χ2n) is 5.08. The van der Waals surface area contributed by atoms with E-state index in [1.54, 1.807) is 6.07 Å². The molecule has 0 atom stereocenters. The number of halogens is 1. The summed E-state index contributed by atoms with van der Waals surface area (Å²) in [6, 6.07) is 4.72. The fourth-order valence-corrected chi connectivity index (χ4v) is 2.91. The van der Waals surface area contributed by atoms with E-state index in [0.717, 1.165) is 51.3 Å². The Morgan fingerprint density at radius 2 is 2.10 bits per heavy atom. The lowest BCUT2D eigenvalue weighted by Gasteiger charge is -2.24. The number of non-ortho nitro benzene ring substituents is 1. The van der Waals surface area contributed by atoms with Gasteiger partial charge in [-0.2, -0.15) is 0 Å². The third-order valence-electron chi connectivity index (χ3n) is 3.61. The van der Waals surface area contributed by atoms with Crippen LogP contribution in [0.3, 0.4) is 0 Å². The number of hydrogen-bond donors (Lipinski definition) is 0. The van der Waals surface area contributed by atoms with Crippen LogP contribution in [-0.2, 0) is 0 Å². The zero-order valence-electron chi connectivity index (χ0n) is 11.7. The third kappa shape index (κ3) is 3.61. The molecule has 0 unspecified atom stereocenters. The van der Waals surface area contributed by atoms with Crippen molar-refractivity contribution >= 4 is 23.0 Å². The maximum atomic E-state index is 10.7. The maximum absolute atomic E-state index is 10.7. The molecule has 1 aromatic carbocycles. The Hall–Kier alpha value is -1.33. The van der Waals surface area contributed by atoms with Crippen molar-refractivity contribution in [2.75, 3.05) is 37.6 Å². The molecule has 1 heterocycles. The van der Waals surface area contributed by atoms with E-state index in [0.29, 0.717) is 5.02 Å². The lowest BCUT2D eigenvalue weighted by Crippen LogP contribution is -2.31. The van der Waals surface area contributed by atoms with Crippen molar-refractivity contribution < 1.29 is 4.92 Å². The summed E-state index contributed by atoms with van der Waals surface area (Å²) in [5.41, 5.74) is 0.941. The Morgan fingerprint density at radius 3 is 2.75 bits per heavy atom. The van der Waals surface area contributed by atoms with Gasteiger partial charge in [0.25, 0.3) is 5.69 Å². The summed E-state index contributed by atoms with van der Waals surface area (Å²) in [7, 11) is 0. The monoisotopic (exact) mass is 297 g/mol. The van der Waals surface area contributed by atoms with E-state index in [4.69, 9.17) is 11.6 Å². The first-order valence-electron chi connectivity index (χ1n) is 7.03. The van der Waals surface area contributed by atoms with Crippen LogP contribution in [0.25, 0.3) is 0 Å². The van der Waals surface area contributed by atoms with Gasteiger partial charge in [0.1, 0.15) is 0 Å². The van der Waals surface area contributed by atoms with Gasteiger partial charge in [-0.3, -0.25) is 10.1 Å². The predicted octanol–water partition coefficient (Wildman–Crippen LogP) is 3.17. The minimum atomic E-state index is -0.416. The largest absolute Gasteiger partial charge is 0.369 e. The SMILES string of the molecule is CCCN1CCCN(c2ccc([N+](=O)[O-])cc2Cl)CC1. The summed E-state index contributed by atoms with van der Waals surface area (Å²) >= 11 is 6.20. The van der Waals surface area contributed by atoms with E-state index in [1.165, 1.54) is 12.1 Å². The van der Waals surface area contributed by atoms with E-state index in [2.05, 4.69) is 16.7 Å². The van der Waals surface area contributed by atoms with E-state index < -0.39 is 4.92 Å². The van der Waals surface area contributed by atoms with Gasteiger partial charge in [0.15, 0.2) is 0 Å². The van der Waals surface area contributed by atoms with Gasteiger partial charge in [0.05, 0.1) is 15.6 Å². The van der Waals surface area contributed by atoms with Gasteiger partial charge in [0.2, 0.25) is 0 Å². The predicted molar refractivity (Wildman–Crippen MR) is 81.7 cm³/mol. The van der Waals surface area contributed by atoms with Gasteiger partial charge in [0, 0.05) is 31.8 Å². The number of rotatable bonds is 4. The molecule has 0 N–H and O–H groups in total. The minimum absolute atomic E-state index is 0.0428. The van der Waals surface area contributed by atoms with E-state index in [-0.39, 0.29) is 5.69 Å². The molecule has 1 aliphatic rings. The van der Waals surface area contributed by atoms with Gasteiger partial charge in [-0.05, 0) is 32.0 Å². The first-order valence-corrected chi connectivity index (χ1v) is 7.41. The third-order valence-corrected chi connectivity index (χ3v) is 3.91. The highest BCUT2D eigenvalue weighted by Crippen LogP contribution is 2.30. The Balaban J connectivity index is 2.09. The molecule has 0 amide bonds. The zero-order chi connectivity index (χ0) is 14.5. The number of nitro benzene ring substituents is 1. The highest BCUT2D eigenvalue weighted by molar-refractivity contribution is 6.33. The Morgan fingerprint density at radius 1 is 1.30 bits per heavy atom. The quantitative estimate of drug-likeness (QED) is 0.633. The van der Waals surface area contributed by atoms with E-state index in [1.807, 2.05) is 0 Å². The van der Waals surface area contributed by atoms with Gasteiger partial charge in [-0.15, -0.1) is 0 Å². The van der Waals surface area contributed by atoms with Crippen LogP contribution in [0.4, 0.5) is 11.4 Å². The van der Waals surface area contributed by atoms with Gasteiger partial charge >= 0.3 is 0 Å². The first kappa shape index (κ1) is 15.1. The Kier molecular flexibility index (Phi) is 5.20. The molecule has 20 heavy (non-hydrogen) atoms. The van der Waals surface area contributed by atoms with Crippen molar-refractivity contribution in [3.8, 4) is 0 Å². The number of anilines is 1. The maximum Gasteiger partial charge on any atom is 0.271 e. The minimum Gasteiger partial charge on any atom is -0.369 e. The van der Waals surface area contributed by atoms with Crippen LogP contribution in [0, 0.1) is 10.1 Å². The molecule has 1 aromatic rings. The fourth-order valence-electron chi connectivity index (χ4n) is 2.62. The molecule has 0 aromatic heterocycles. The molecule has 0 saturated carbocycles. The summed E-state index contributed by atoms with van der Waals surface area (Å²) in [4.78, 5) is 15.0. The van der Waals surface area contributed by atoms with Gasteiger partial charge in [-0.1, -0.05) is 18.5 Å². The molecule has 5 nitrogen and oxygen atoms in total. The first-order chi connectivity index (χ1) is 9.61. The van der Waals surface area contributed by atoms with Gasteiger partial charge in [-0.25, -0.2) is 0 Å². The van der Waals surface area contributed by atoms with Crippen LogP contribution < -0.4 is 4.90 Å². The molecule has 0 bridgehead atoms. The van der Waals surface area contributed by atoms with Crippen molar-refractivity contribution in [1.82, 2.24) is 4.90 Å². The van der Waals surface area contributed by atoms with Crippen LogP contribution in [0.15, 0.2) is 18.2 Å². The number of nitro groups is 1. The second kappa shape index (κ2) is 6.90. The normalized spacial score (nSPS) is 17.0. The molecule has 2 rings (SSSR count).